The maximum Gasteiger partial charge on any atom is 1.00 e. The van der Waals surface area contributed by atoms with Crippen molar-refractivity contribution in [1.82, 2.24) is 0 Å². The van der Waals surface area contributed by atoms with Crippen LogP contribution >= 0.6 is 0 Å². The molecule has 8 rings (SSSR count). The first-order valence-corrected chi connectivity index (χ1v) is 24.6. The Hall–Kier alpha value is -0.353. The second-order valence-electron chi connectivity index (χ2n) is 21.5. The second-order valence-corrected chi connectivity index (χ2v) is 23.6. The number of epoxide rings is 1. The Balaban J connectivity index is 0.000000363. The molecule has 6 saturated carbocycles. The molecule has 1 aliphatic heterocycles. The summed E-state index contributed by atoms with van der Waals surface area (Å²) in [5.41, 5.74) is -0.506. The Bertz CT molecular complexity index is 1490. The molecule has 1 heterocycles. The Kier molecular flexibility index (Phi) is 15.3. The molecule has 7 aliphatic rings. The van der Waals surface area contributed by atoms with Crippen LogP contribution in [0.3, 0.4) is 0 Å². The van der Waals surface area contributed by atoms with E-state index in [2.05, 4.69) is 48.5 Å². The molecular weight excluding hydrogens is 708 g/mol. The number of unbranched alkanes of at least 4 members (excludes halogenated alkanes) is 1. The Labute approximate surface area is 356 Å². The van der Waals surface area contributed by atoms with Crippen LogP contribution in [0.5, 0.6) is 0 Å². The molecule has 6 aliphatic carbocycles. The predicted octanol–water partition coefficient (Wildman–Crippen LogP) is 8.80. The minimum absolute atomic E-state index is 0. The van der Waals surface area contributed by atoms with E-state index in [0.717, 1.165) is 69.3 Å². The smallest absolute Gasteiger partial charge is 0.390 e. The van der Waals surface area contributed by atoms with Crippen LogP contribution in [0, 0.1) is 65.1 Å². The van der Waals surface area contributed by atoms with Crippen molar-refractivity contribution in [3.05, 3.63) is 37.3 Å². The van der Waals surface area contributed by atoms with Crippen molar-refractivity contribution in [2.24, 2.45) is 58.2 Å². The van der Waals surface area contributed by atoms with Gasteiger partial charge in [0.05, 0.1) is 33.6 Å². The van der Waals surface area contributed by atoms with Gasteiger partial charge in [-0.2, -0.15) is 6.42 Å². The van der Waals surface area contributed by atoms with Crippen LogP contribution in [0.1, 0.15) is 177 Å². The molecule has 1 saturated heterocycles. The van der Waals surface area contributed by atoms with Gasteiger partial charge in [0.2, 0.25) is 0 Å². The summed E-state index contributed by atoms with van der Waals surface area (Å²) in [5, 5.41) is 22.1. The van der Waals surface area contributed by atoms with E-state index in [-0.39, 0.29) is 30.2 Å². The minimum atomic E-state index is -3.60. The molecule has 1 aromatic carbocycles. The van der Waals surface area contributed by atoms with E-state index in [1.165, 1.54) is 64.2 Å². The first-order valence-electron chi connectivity index (χ1n) is 23.1. The summed E-state index contributed by atoms with van der Waals surface area (Å²) >= 11 is 0. The SMILES string of the molecule is CC1CCC(O)(CC([C@@H](C)[C@H]2CC[C@H]3[C@@H]4CC[C@H]5C[C@@](C)(O)CC[C@]5(C)[C@H]4CC[C@]23C)S(=O)(=O)c2ccccc2)CC1.CC1CCC2(CC1)CO2.[CH2-]CCC.[Li+]. The summed E-state index contributed by atoms with van der Waals surface area (Å²) in [7, 11) is -3.60. The third kappa shape index (κ3) is 9.89. The van der Waals surface area contributed by atoms with Crippen molar-refractivity contribution < 1.29 is 42.2 Å². The number of ether oxygens (including phenoxy) is 1. The van der Waals surface area contributed by atoms with Gasteiger partial charge in [-0.15, -0.1) is 0 Å². The molecule has 5 nitrogen and oxygen atoms in total. The molecule has 1 aromatic rings. The first-order chi connectivity index (χ1) is 25.9. The van der Waals surface area contributed by atoms with Crippen LogP contribution < -0.4 is 18.9 Å². The van der Waals surface area contributed by atoms with Gasteiger partial charge in [-0.1, -0.05) is 66.2 Å². The van der Waals surface area contributed by atoms with Gasteiger partial charge in [0.15, 0.2) is 9.84 Å². The molecule has 1 spiro atoms. The summed E-state index contributed by atoms with van der Waals surface area (Å²) in [6.07, 6.45) is 21.7. The third-order valence-corrected chi connectivity index (χ3v) is 19.9. The van der Waals surface area contributed by atoms with Crippen molar-refractivity contribution in [3.63, 3.8) is 0 Å². The average molecular weight is 789 g/mol. The molecule has 0 radical (unpaired) electrons. The first kappa shape index (κ1) is 46.7. The van der Waals surface area contributed by atoms with Gasteiger partial charge >= 0.3 is 18.9 Å². The van der Waals surface area contributed by atoms with E-state index < -0.39 is 26.3 Å². The summed E-state index contributed by atoms with van der Waals surface area (Å²) in [5.74, 6) is 4.65. The Morgan fingerprint density at radius 3 is 1.93 bits per heavy atom. The van der Waals surface area contributed by atoms with E-state index in [4.69, 9.17) is 4.74 Å². The number of fused-ring (bicyclic) bond motifs is 5. The molecule has 0 amide bonds. The van der Waals surface area contributed by atoms with E-state index in [1.807, 2.05) is 25.1 Å². The fourth-order valence-electron chi connectivity index (χ4n) is 13.5. The van der Waals surface area contributed by atoms with Crippen molar-refractivity contribution >= 4 is 9.84 Å². The van der Waals surface area contributed by atoms with E-state index >= 15 is 0 Å². The van der Waals surface area contributed by atoms with Crippen LogP contribution in [-0.4, -0.2) is 47.3 Å². The topological polar surface area (TPSA) is 87.1 Å². The van der Waals surface area contributed by atoms with E-state index in [0.29, 0.717) is 58.8 Å². The quantitative estimate of drug-likeness (QED) is 0.164. The van der Waals surface area contributed by atoms with Crippen LogP contribution in [0.4, 0.5) is 0 Å². The summed E-state index contributed by atoms with van der Waals surface area (Å²) in [6, 6.07) is 9.07. The molecular formula is C49H81LiO5S. The van der Waals surface area contributed by atoms with Gasteiger partial charge in [0.1, 0.15) is 0 Å². The summed E-state index contributed by atoms with van der Waals surface area (Å²) in [4.78, 5) is 0.414. The van der Waals surface area contributed by atoms with Gasteiger partial charge in [-0.25, -0.2) is 8.42 Å². The van der Waals surface area contributed by atoms with Crippen LogP contribution in [-0.2, 0) is 14.6 Å². The molecule has 0 bridgehead atoms. The van der Waals surface area contributed by atoms with Gasteiger partial charge < -0.3 is 21.9 Å². The average Bonchev–Trinajstić information content (AvgIpc) is 3.83. The molecule has 10 atom stereocenters. The molecule has 2 N–H and O–H groups in total. The molecule has 1 unspecified atom stereocenters. The van der Waals surface area contributed by atoms with Crippen molar-refractivity contribution in [2.75, 3.05) is 6.61 Å². The number of hydrogen-bond acceptors (Lipinski definition) is 5. The van der Waals surface area contributed by atoms with E-state index in [9.17, 15) is 18.6 Å². The monoisotopic (exact) mass is 789 g/mol. The maximum atomic E-state index is 14.4. The van der Waals surface area contributed by atoms with Crippen molar-refractivity contribution in [1.29, 1.82) is 0 Å². The standard InChI is InChI=1S/C37H58O4S.C8H14O.C4H9.Li/c1-25-15-19-37(39,20-16-25)24-33(42(40,41)28-9-7-6-8-10-28)26(2)30-13-14-31-29-12-11-27-23-34(3,38)21-22-35(27,4)32(29)17-18-36(30,31)5;1-7-2-4-8(5-3-7)6-9-8;1-3-4-2;/h6-10,25-27,29-33,38-39H,11-24H2,1-5H3;7H,2-6H2,1H3;1,3-4H2,2H3;/q;;-1;+1/t25?,26-,27-,29-,30+,31-,32-,33?,34-,35-,36+,37?;;;/m0.../s1. The van der Waals surface area contributed by atoms with Crippen LogP contribution in [0.15, 0.2) is 35.2 Å². The summed E-state index contributed by atoms with van der Waals surface area (Å²) in [6.45, 7) is 20.7. The zero-order valence-electron chi connectivity index (χ0n) is 37.2. The molecule has 7 fully saturated rings. The number of hydrogen-bond donors (Lipinski definition) is 2. The fourth-order valence-corrected chi connectivity index (χ4v) is 15.7. The Morgan fingerprint density at radius 2 is 1.36 bits per heavy atom. The molecule has 314 valence electrons. The maximum absolute atomic E-state index is 14.4. The van der Waals surface area contributed by atoms with Crippen molar-refractivity contribution in [3.8, 4) is 0 Å². The largest absolute Gasteiger partial charge is 1.00 e. The predicted molar refractivity (Wildman–Crippen MR) is 226 cm³/mol. The number of rotatable bonds is 7. The molecule has 0 aromatic heterocycles. The second kappa shape index (κ2) is 18.3. The fraction of sp³-hybridized carbons (Fsp3) is 0.857. The number of benzene rings is 1. The van der Waals surface area contributed by atoms with Gasteiger partial charge in [0, 0.05) is 0 Å². The zero-order chi connectivity index (χ0) is 39.9. The minimum Gasteiger partial charge on any atom is -0.390 e. The third-order valence-electron chi connectivity index (χ3n) is 17.6. The zero-order valence-corrected chi connectivity index (χ0v) is 38.0. The normalized spacial score (nSPS) is 43.9. The summed E-state index contributed by atoms with van der Waals surface area (Å²) < 4.78 is 34.2. The van der Waals surface area contributed by atoms with Crippen molar-refractivity contribution in [2.45, 2.75) is 204 Å². The molecule has 7 heteroatoms. The molecule has 56 heavy (non-hydrogen) atoms. The Morgan fingerprint density at radius 1 is 0.786 bits per heavy atom. The van der Waals surface area contributed by atoms with Gasteiger partial charge in [-0.05, 0) is 193 Å². The van der Waals surface area contributed by atoms with E-state index in [1.54, 1.807) is 12.1 Å². The number of sulfone groups is 1. The number of aliphatic hydroxyl groups is 2. The van der Waals surface area contributed by atoms with Gasteiger partial charge in [0.25, 0.3) is 0 Å². The van der Waals surface area contributed by atoms with Gasteiger partial charge in [-0.3, -0.25) is 0 Å². The van der Waals surface area contributed by atoms with Crippen LogP contribution in [0.2, 0.25) is 0 Å². The van der Waals surface area contributed by atoms with Crippen LogP contribution in [0.25, 0.3) is 0 Å².